The molecule has 0 amide bonds. The highest BCUT2D eigenvalue weighted by Gasteiger charge is 2.38. The summed E-state index contributed by atoms with van der Waals surface area (Å²) >= 11 is 0. The van der Waals surface area contributed by atoms with E-state index in [-0.39, 0.29) is 5.41 Å². The molecule has 0 aromatic heterocycles. The van der Waals surface area contributed by atoms with Gasteiger partial charge in [0.05, 0.1) is 0 Å². The summed E-state index contributed by atoms with van der Waals surface area (Å²) in [4.78, 5) is 0. The molecule has 0 spiro atoms. The summed E-state index contributed by atoms with van der Waals surface area (Å²) in [6, 6.07) is 17.3. The molecule has 2 fully saturated rings. The number of anilines is 2. The van der Waals surface area contributed by atoms with Gasteiger partial charge in [-0.15, -0.1) is 0 Å². The van der Waals surface area contributed by atoms with Crippen molar-refractivity contribution in [3.05, 3.63) is 59.7 Å². The molecule has 0 radical (unpaired) electrons. The SMILES string of the molecule is CCCCCCCC1CCC(CCC2CCC(c3ccc(N)cc3)(c3ccc(N)cc3)CC2)CC1. The number of nitrogens with two attached hydrogens (primary N) is 2. The first kappa shape index (κ1) is 26.1. The van der Waals surface area contributed by atoms with Gasteiger partial charge < -0.3 is 11.5 Å². The molecule has 2 heteroatoms. The lowest BCUT2D eigenvalue weighted by Gasteiger charge is -2.42. The van der Waals surface area contributed by atoms with E-state index in [2.05, 4.69) is 55.5 Å². The summed E-state index contributed by atoms with van der Waals surface area (Å²) in [7, 11) is 0. The molecule has 0 saturated heterocycles. The number of nitrogen functional groups attached to an aromatic ring is 2. The van der Waals surface area contributed by atoms with Gasteiger partial charge in [-0.2, -0.15) is 0 Å². The summed E-state index contributed by atoms with van der Waals surface area (Å²) < 4.78 is 0. The van der Waals surface area contributed by atoms with Crippen LogP contribution in [0, 0.1) is 17.8 Å². The van der Waals surface area contributed by atoms with Crippen LogP contribution >= 0.6 is 0 Å². The first-order chi connectivity index (χ1) is 17.1. The average Bonchev–Trinajstić information content (AvgIpc) is 2.89. The van der Waals surface area contributed by atoms with Gasteiger partial charge >= 0.3 is 0 Å². The summed E-state index contributed by atoms with van der Waals surface area (Å²) in [5.41, 5.74) is 16.7. The second kappa shape index (κ2) is 12.8. The molecule has 2 saturated carbocycles. The molecule has 0 bridgehead atoms. The first-order valence-corrected chi connectivity index (χ1v) is 14.8. The van der Waals surface area contributed by atoms with Crippen LogP contribution in [0.1, 0.15) is 121 Å². The molecule has 2 aromatic rings. The number of hydrogen-bond acceptors (Lipinski definition) is 2. The minimum atomic E-state index is 0.104. The standard InChI is InChI=1S/C33H50N2/c1-2-3-4-5-6-7-26-8-10-27(11-9-26)12-13-28-22-24-33(25-23-28,29-14-18-31(34)19-15-29)30-16-20-32(35)21-17-30/h14-21,26-28H,2-13,22-25,34-35H2,1H3. The van der Waals surface area contributed by atoms with Gasteiger partial charge in [-0.3, -0.25) is 0 Å². The zero-order chi connectivity index (χ0) is 24.5. The Morgan fingerprint density at radius 3 is 1.49 bits per heavy atom. The number of unbranched alkanes of at least 4 members (excludes halogenated alkanes) is 4. The van der Waals surface area contributed by atoms with Gasteiger partial charge in [-0.1, -0.05) is 108 Å². The van der Waals surface area contributed by atoms with Gasteiger partial charge in [-0.05, 0) is 78.8 Å². The molecular weight excluding hydrogens is 424 g/mol. The van der Waals surface area contributed by atoms with Crippen molar-refractivity contribution in [1.29, 1.82) is 0 Å². The lowest BCUT2D eigenvalue weighted by atomic mass is 9.62. The summed E-state index contributed by atoms with van der Waals surface area (Å²) in [5, 5.41) is 0. The highest BCUT2D eigenvalue weighted by molar-refractivity contribution is 5.49. The van der Waals surface area contributed by atoms with E-state index in [0.717, 1.165) is 29.1 Å². The Morgan fingerprint density at radius 1 is 0.571 bits per heavy atom. The minimum Gasteiger partial charge on any atom is -0.399 e. The maximum Gasteiger partial charge on any atom is 0.0314 e. The third-order valence-electron chi connectivity index (χ3n) is 9.55. The first-order valence-electron chi connectivity index (χ1n) is 14.8. The van der Waals surface area contributed by atoms with Crippen LogP contribution in [0.15, 0.2) is 48.5 Å². The number of hydrogen-bond donors (Lipinski definition) is 2. The van der Waals surface area contributed by atoms with Gasteiger partial charge in [0, 0.05) is 16.8 Å². The smallest absolute Gasteiger partial charge is 0.0314 e. The van der Waals surface area contributed by atoms with Gasteiger partial charge in [0.25, 0.3) is 0 Å². The summed E-state index contributed by atoms with van der Waals surface area (Å²) in [6.07, 6.45) is 22.7. The fourth-order valence-corrected chi connectivity index (χ4v) is 7.12. The van der Waals surface area contributed by atoms with Crippen LogP contribution in [0.3, 0.4) is 0 Å². The maximum atomic E-state index is 6.02. The van der Waals surface area contributed by atoms with E-state index in [9.17, 15) is 0 Å². The lowest BCUT2D eigenvalue weighted by molar-refractivity contribution is 0.208. The van der Waals surface area contributed by atoms with Crippen molar-refractivity contribution in [3.63, 3.8) is 0 Å². The van der Waals surface area contributed by atoms with Gasteiger partial charge in [0.1, 0.15) is 0 Å². The molecule has 0 heterocycles. The van der Waals surface area contributed by atoms with E-state index in [1.807, 2.05) is 0 Å². The fourth-order valence-electron chi connectivity index (χ4n) is 7.12. The Labute approximate surface area is 215 Å². The topological polar surface area (TPSA) is 52.0 Å². The second-order valence-electron chi connectivity index (χ2n) is 11.9. The zero-order valence-corrected chi connectivity index (χ0v) is 22.3. The minimum absolute atomic E-state index is 0.104. The largest absolute Gasteiger partial charge is 0.399 e. The van der Waals surface area contributed by atoms with Crippen molar-refractivity contribution in [1.82, 2.24) is 0 Å². The molecule has 4 N–H and O–H groups in total. The molecule has 35 heavy (non-hydrogen) atoms. The van der Waals surface area contributed by atoms with E-state index < -0.39 is 0 Å². The van der Waals surface area contributed by atoms with Crippen molar-refractivity contribution < 1.29 is 0 Å². The summed E-state index contributed by atoms with van der Waals surface area (Å²) in [5.74, 6) is 2.91. The Morgan fingerprint density at radius 2 is 1.00 bits per heavy atom. The van der Waals surface area contributed by atoms with Crippen LogP contribution in [-0.4, -0.2) is 0 Å². The van der Waals surface area contributed by atoms with Crippen LogP contribution in [0.2, 0.25) is 0 Å². The van der Waals surface area contributed by atoms with Crippen LogP contribution in [0.25, 0.3) is 0 Å². The van der Waals surface area contributed by atoms with Gasteiger partial charge in [0.2, 0.25) is 0 Å². The molecule has 2 nitrogen and oxygen atoms in total. The van der Waals surface area contributed by atoms with Crippen molar-refractivity contribution in [2.45, 2.75) is 115 Å². The fraction of sp³-hybridized carbons (Fsp3) is 0.636. The monoisotopic (exact) mass is 474 g/mol. The Balaban J connectivity index is 1.25. The van der Waals surface area contributed by atoms with E-state index in [1.165, 1.54) is 114 Å². The van der Waals surface area contributed by atoms with Gasteiger partial charge in [0.15, 0.2) is 0 Å². The molecule has 2 aromatic carbocycles. The van der Waals surface area contributed by atoms with Crippen molar-refractivity contribution in [2.24, 2.45) is 17.8 Å². The van der Waals surface area contributed by atoms with Crippen molar-refractivity contribution in [2.75, 3.05) is 11.5 Å². The normalized spacial score (nSPS) is 22.8. The van der Waals surface area contributed by atoms with E-state index >= 15 is 0 Å². The summed E-state index contributed by atoms with van der Waals surface area (Å²) in [6.45, 7) is 2.31. The zero-order valence-electron chi connectivity index (χ0n) is 22.3. The van der Waals surface area contributed by atoms with Crippen molar-refractivity contribution in [3.8, 4) is 0 Å². The Bertz CT molecular complexity index is 805. The van der Waals surface area contributed by atoms with E-state index in [4.69, 9.17) is 11.5 Å². The van der Waals surface area contributed by atoms with Crippen molar-refractivity contribution >= 4 is 11.4 Å². The highest BCUT2D eigenvalue weighted by atomic mass is 14.5. The average molecular weight is 475 g/mol. The third-order valence-corrected chi connectivity index (χ3v) is 9.55. The number of benzene rings is 2. The predicted molar refractivity (Wildman–Crippen MR) is 153 cm³/mol. The lowest BCUT2D eigenvalue weighted by Crippen LogP contribution is -2.33. The molecule has 0 unspecified atom stereocenters. The molecule has 2 aliphatic carbocycles. The van der Waals surface area contributed by atoms with Crippen LogP contribution in [-0.2, 0) is 5.41 Å². The van der Waals surface area contributed by atoms with Gasteiger partial charge in [-0.25, -0.2) is 0 Å². The molecule has 0 atom stereocenters. The molecule has 192 valence electrons. The maximum absolute atomic E-state index is 6.02. The molecule has 4 rings (SSSR count). The van der Waals surface area contributed by atoms with E-state index in [1.54, 1.807) is 0 Å². The Kier molecular flexibility index (Phi) is 9.58. The van der Waals surface area contributed by atoms with E-state index in [0.29, 0.717) is 0 Å². The van der Waals surface area contributed by atoms with Crippen LogP contribution < -0.4 is 11.5 Å². The molecule has 0 aliphatic heterocycles. The highest BCUT2D eigenvalue weighted by Crippen LogP contribution is 2.48. The Hall–Kier alpha value is -1.96. The predicted octanol–water partition coefficient (Wildman–Crippen LogP) is 9.27. The second-order valence-corrected chi connectivity index (χ2v) is 11.9. The number of rotatable bonds is 11. The molecule has 2 aliphatic rings. The quantitative estimate of drug-likeness (QED) is 0.252. The van der Waals surface area contributed by atoms with Crippen LogP contribution in [0.4, 0.5) is 11.4 Å². The third kappa shape index (κ3) is 7.05. The van der Waals surface area contributed by atoms with Crippen LogP contribution in [0.5, 0.6) is 0 Å². The molecular formula is C33H50N2.